The van der Waals surface area contributed by atoms with Crippen molar-refractivity contribution in [2.45, 2.75) is 19.3 Å². The van der Waals surface area contributed by atoms with E-state index in [0.717, 1.165) is 24.3 Å². The van der Waals surface area contributed by atoms with Gasteiger partial charge < -0.3 is 9.64 Å². The number of nitro benzene ring substituents is 1. The lowest BCUT2D eigenvalue weighted by Crippen LogP contribution is -2.29. The van der Waals surface area contributed by atoms with Gasteiger partial charge in [-0.05, 0) is 55.2 Å². The number of nitro groups is 1. The Hall–Kier alpha value is -3.33. The smallest absolute Gasteiger partial charge is 0.269 e. The second-order valence-corrected chi connectivity index (χ2v) is 6.45. The van der Waals surface area contributed by atoms with Crippen molar-refractivity contribution in [2.24, 2.45) is 0 Å². The summed E-state index contributed by atoms with van der Waals surface area (Å²) in [5.74, 6) is 0.702. The van der Waals surface area contributed by atoms with Crippen molar-refractivity contribution in [1.82, 2.24) is 0 Å². The van der Waals surface area contributed by atoms with Crippen LogP contribution in [0.15, 0.2) is 42.5 Å². The van der Waals surface area contributed by atoms with E-state index >= 15 is 0 Å². The summed E-state index contributed by atoms with van der Waals surface area (Å²) >= 11 is 0. The van der Waals surface area contributed by atoms with Crippen LogP contribution in [0.3, 0.4) is 0 Å². The molecule has 1 saturated heterocycles. The minimum Gasteiger partial charge on any atom is -0.496 e. The minimum absolute atomic E-state index is 0.000459. The average molecular weight is 363 g/mol. The zero-order valence-corrected chi connectivity index (χ0v) is 15.2. The molecule has 0 atom stereocenters. The number of anilines is 1. The molecule has 0 N–H and O–H groups in total. The highest BCUT2D eigenvalue weighted by Crippen LogP contribution is 2.30. The molecule has 1 heterocycles. The first-order chi connectivity index (χ1) is 13.1. The van der Waals surface area contributed by atoms with E-state index in [0.29, 0.717) is 16.9 Å². The van der Waals surface area contributed by atoms with Gasteiger partial charge in [-0.15, -0.1) is 0 Å². The summed E-state index contributed by atoms with van der Waals surface area (Å²) in [7, 11) is 1.62. The van der Waals surface area contributed by atoms with Gasteiger partial charge in [-0.25, -0.2) is 0 Å². The minimum atomic E-state index is -0.456. The zero-order valence-electron chi connectivity index (χ0n) is 15.2. The molecule has 0 aliphatic carbocycles. The fraction of sp³-hybridized carbons (Fsp3) is 0.286. The first-order valence-corrected chi connectivity index (χ1v) is 8.92. The number of nitrogens with zero attached hydrogens (tertiary/aromatic N) is 3. The monoisotopic (exact) mass is 363 g/mol. The molecule has 0 amide bonds. The van der Waals surface area contributed by atoms with Crippen molar-refractivity contribution >= 4 is 23.0 Å². The van der Waals surface area contributed by atoms with E-state index in [1.165, 1.54) is 31.4 Å². The SMILES string of the molecule is COc1cc(N2CCCCC2)ccc1/C=C(/C#N)c1ccc([N+](=O)[O-])cc1. The Morgan fingerprint density at radius 3 is 2.48 bits per heavy atom. The van der Waals surface area contributed by atoms with Crippen LogP contribution in [0.4, 0.5) is 11.4 Å². The standard InChI is InChI=1S/C21H21N3O3/c1-27-21-14-20(23-11-3-2-4-12-23)10-7-17(21)13-18(15-22)16-5-8-19(9-6-16)24(25)26/h5-10,13-14H,2-4,11-12H2,1H3/b18-13-. The van der Waals surface area contributed by atoms with E-state index in [-0.39, 0.29) is 5.69 Å². The van der Waals surface area contributed by atoms with Gasteiger partial charge >= 0.3 is 0 Å². The van der Waals surface area contributed by atoms with Crippen LogP contribution < -0.4 is 9.64 Å². The molecule has 0 bridgehead atoms. The third kappa shape index (κ3) is 4.26. The second kappa shape index (κ2) is 8.37. The molecule has 6 nitrogen and oxygen atoms in total. The number of benzene rings is 2. The highest BCUT2D eigenvalue weighted by atomic mass is 16.6. The van der Waals surface area contributed by atoms with Crippen LogP contribution in [0, 0.1) is 21.4 Å². The molecule has 0 radical (unpaired) electrons. The van der Waals surface area contributed by atoms with E-state index in [1.54, 1.807) is 25.3 Å². The molecular formula is C21H21N3O3. The van der Waals surface area contributed by atoms with Crippen LogP contribution in [0.5, 0.6) is 5.75 Å². The highest BCUT2D eigenvalue weighted by molar-refractivity contribution is 5.91. The molecule has 27 heavy (non-hydrogen) atoms. The molecule has 1 fully saturated rings. The Morgan fingerprint density at radius 1 is 1.19 bits per heavy atom. The molecular weight excluding hydrogens is 342 g/mol. The molecule has 0 saturated carbocycles. The van der Waals surface area contributed by atoms with Gasteiger partial charge in [0, 0.05) is 42.5 Å². The molecule has 2 aromatic carbocycles. The number of methoxy groups -OCH3 is 1. The Bertz CT molecular complexity index is 892. The van der Waals surface area contributed by atoms with Crippen molar-refractivity contribution in [3.05, 3.63) is 63.7 Å². The number of piperidine rings is 1. The van der Waals surface area contributed by atoms with Gasteiger partial charge in [-0.1, -0.05) is 0 Å². The molecule has 0 aromatic heterocycles. The molecule has 0 unspecified atom stereocenters. The summed E-state index contributed by atoms with van der Waals surface area (Å²) < 4.78 is 5.54. The number of hydrogen-bond acceptors (Lipinski definition) is 5. The first-order valence-electron chi connectivity index (χ1n) is 8.92. The van der Waals surface area contributed by atoms with Crippen molar-refractivity contribution in [3.63, 3.8) is 0 Å². The summed E-state index contributed by atoms with van der Waals surface area (Å²) in [6.07, 6.45) is 5.42. The second-order valence-electron chi connectivity index (χ2n) is 6.45. The summed E-state index contributed by atoms with van der Waals surface area (Å²) in [6, 6.07) is 14.1. The van der Waals surface area contributed by atoms with E-state index in [4.69, 9.17) is 4.74 Å². The van der Waals surface area contributed by atoms with Crippen LogP contribution in [-0.2, 0) is 0 Å². The summed E-state index contributed by atoms with van der Waals surface area (Å²) in [4.78, 5) is 12.7. The summed E-state index contributed by atoms with van der Waals surface area (Å²) in [5.41, 5.74) is 2.98. The molecule has 3 rings (SSSR count). The maximum absolute atomic E-state index is 10.8. The quantitative estimate of drug-likeness (QED) is 0.334. The van der Waals surface area contributed by atoms with Gasteiger partial charge in [0.15, 0.2) is 0 Å². The molecule has 0 spiro atoms. The number of non-ortho nitro benzene ring substituents is 1. The van der Waals surface area contributed by atoms with Crippen molar-refractivity contribution in [1.29, 1.82) is 5.26 Å². The summed E-state index contributed by atoms with van der Waals surface area (Å²) in [6.45, 7) is 2.09. The highest BCUT2D eigenvalue weighted by Gasteiger charge is 2.14. The zero-order chi connectivity index (χ0) is 19.2. The first kappa shape index (κ1) is 18.5. The molecule has 1 aliphatic rings. The molecule has 2 aromatic rings. The van der Waals surface area contributed by atoms with Crippen molar-refractivity contribution in [2.75, 3.05) is 25.1 Å². The predicted octanol–water partition coefficient (Wildman–Crippen LogP) is 4.66. The van der Waals surface area contributed by atoms with Crippen LogP contribution in [0.2, 0.25) is 0 Å². The molecule has 6 heteroatoms. The van der Waals surface area contributed by atoms with Gasteiger partial charge in [0.05, 0.1) is 23.7 Å². The fourth-order valence-electron chi connectivity index (χ4n) is 3.27. The van der Waals surface area contributed by atoms with Crippen LogP contribution in [0.25, 0.3) is 11.6 Å². The number of hydrogen-bond donors (Lipinski definition) is 0. The van der Waals surface area contributed by atoms with Crippen molar-refractivity contribution in [3.8, 4) is 11.8 Å². The van der Waals surface area contributed by atoms with E-state index in [2.05, 4.69) is 11.0 Å². The van der Waals surface area contributed by atoms with E-state index < -0.39 is 4.92 Å². The lowest BCUT2D eigenvalue weighted by atomic mass is 10.0. The maximum atomic E-state index is 10.8. The summed E-state index contributed by atoms with van der Waals surface area (Å²) in [5, 5.41) is 20.3. The van der Waals surface area contributed by atoms with Crippen molar-refractivity contribution < 1.29 is 9.66 Å². The fourth-order valence-corrected chi connectivity index (χ4v) is 3.27. The normalized spacial score (nSPS) is 14.5. The lowest BCUT2D eigenvalue weighted by molar-refractivity contribution is -0.384. The number of allylic oxidation sites excluding steroid dienone is 1. The third-order valence-corrected chi connectivity index (χ3v) is 4.75. The van der Waals surface area contributed by atoms with E-state index in [1.807, 2.05) is 18.2 Å². The Labute approximate surface area is 158 Å². The number of rotatable bonds is 5. The molecule has 1 aliphatic heterocycles. The van der Waals surface area contributed by atoms with E-state index in [9.17, 15) is 15.4 Å². The number of ether oxygens (including phenoxy) is 1. The molecule has 138 valence electrons. The van der Waals surface area contributed by atoms with Gasteiger partial charge in [-0.3, -0.25) is 10.1 Å². The van der Waals surface area contributed by atoms with Gasteiger partial charge in [0.2, 0.25) is 0 Å². The largest absolute Gasteiger partial charge is 0.496 e. The van der Waals surface area contributed by atoms with Gasteiger partial charge in [0.1, 0.15) is 5.75 Å². The lowest BCUT2D eigenvalue weighted by Gasteiger charge is -2.29. The van der Waals surface area contributed by atoms with Gasteiger partial charge in [0.25, 0.3) is 5.69 Å². The maximum Gasteiger partial charge on any atom is 0.269 e. The predicted molar refractivity (Wildman–Crippen MR) is 106 cm³/mol. The Kier molecular flexibility index (Phi) is 5.72. The third-order valence-electron chi connectivity index (χ3n) is 4.75. The van der Waals surface area contributed by atoms with Crippen LogP contribution >= 0.6 is 0 Å². The topological polar surface area (TPSA) is 79.4 Å². The van der Waals surface area contributed by atoms with Crippen LogP contribution in [0.1, 0.15) is 30.4 Å². The van der Waals surface area contributed by atoms with Gasteiger partial charge in [-0.2, -0.15) is 5.26 Å². The Balaban J connectivity index is 1.91. The Morgan fingerprint density at radius 2 is 1.89 bits per heavy atom. The average Bonchev–Trinajstić information content (AvgIpc) is 2.72. The number of nitriles is 1. The van der Waals surface area contributed by atoms with Crippen LogP contribution in [-0.4, -0.2) is 25.1 Å².